The van der Waals surface area contributed by atoms with Crippen LogP contribution in [0.25, 0.3) is 11.0 Å². The Labute approximate surface area is 104 Å². The van der Waals surface area contributed by atoms with E-state index in [-0.39, 0.29) is 0 Å². The Kier molecular flexibility index (Phi) is 2.75. The van der Waals surface area contributed by atoms with Crippen LogP contribution in [0.5, 0.6) is 0 Å². The van der Waals surface area contributed by atoms with E-state index in [2.05, 4.69) is 20.5 Å². The number of anilines is 1. The van der Waals surface area contributed by atoms with Gasteiger partial charge in [0.05, 0.1) is 22.9 Å². The first kappa shape index (κ1) is 10.5. The molecule has 0 bridgehead atoms. The summed E-state index contributed by atoms with van der Waals surface area (Å²) in [6.45, 7) is 0. The molecule has 1 heterocycles. The number of para-hydroxylation sites is 3. The number of aromatic amines is 1. The van der Waals surface area contributed by atoms with Crippen LogP contribution in [0.15, 0.2) is 59.7 Å². The number of rotatable bonds is 3. The summed E-state index contributed by atoms with van der Waals surface area (Å²) in [5, 5.41) is 4.14. The molecule has 0 saturated carbocycles. The molecule has 0 amide bonds. The Bertz CT molecular complexity index is 637. The summed E-state index contributed by atoms with van der Waals surface area (Å²) in [5.74, 6) is 0.736. The molecule has 0 aliphatic heterocycles. The summed E-state index contributed by atoms with van der Waals surface area (Å²) >= 11 is 0. The van der Waals surface area contributed by atoms with Gasteiger partial charge in [0, 0.05) is 0 Å². The molecule has 4 nitrogen and oxygen atoms in total. The molecule has 88 valence electrons. The summed E-state index contributed by atoms with van der Waals surface area (Å²) in [5.41, 5.74) is 5.85. The van der Waals surface area contributed by atoms with Crippen LogP contribution < -0.4 is 5.43 Å². The average molecular weight is 236 g/mol. The molecular formula is C14H12N4. The molecule has 2 aromatic carbocycles. The van der Waals surface area contributed by atoms with Crippen molar-refractivity contribution in [3.63, 3.8) is 0 Å². The Morgan fingerprint density at radius 2 is 1.78 bits per heavy atom. The first-order chi connectivity index (χ1) is 8.92. The lowest BCUT2D eigenvalue weighted by atomic mass is 10.3. The number of hydrogen-bond donors (Lipinski definition) is 2. The Hall–Kier alpha value is -2.62. The predicted octanol–water partition coefficient (Wildman–Crippen LogP) is 3.01. The van der Waals surface area contributed by atoms with E-state index in [9.17, 15) is 0 Å². The second kappa shape index (κ2) is 4.71. The quantitative estimate of drug-likeness (QED) is 0.542. The number of nitrogens with one attached hydrogen (secondary N) is 2. The summed E-state index contributed by atoms with van der Waals surface area (Å²) in [6.07, 6.45) is 1.67. The van der Waals surface area contributed by atoms with Crippen LogP contribution in [-0.4, -0.2) is 16.2 Å². The van der Waals surface area contributed by atoms with Crippen molar-refractivity contribution in [2.24, 2.45) is 5.10 Å². The maximum absolute atomic E-state index is 4.40. The van der Waals surface area contributed by atoms with Gasteiger partial charge in [-0.05, 0) is 24.3 Å². The summed E-state index contributed by atoms with van der Waals surface area (Å²) in [7, 11) is 0. The Morgan fingerprint density at radius 1 is 1.00 bits per heavy atom. The molecule has 3 rings (SSSR count). The van der Waals surface area contributed by atoms with Crippen molar-refractivity contribution in [2.75, 3.05) is 5.43 Å². The second-order valence-electron chi connectivity index (χ2n) is 3.88. The van der Waals surface area contributed by atoms with Gasteiger partial charge < -0.3 is 4.98 Å². The van der Waals surface area contributed by atoms with Gasteiger partial charge in [0.1, 0.15) is 0 Å². The van der Waals surface area contributed by atoms with E-state index < -0.39 is 0 Å². The molecule has 0 fully saturated rings. The zero-order valence-electron chi connectivity index (χ0n) is 9.67. The lowest BCUT2D eigenvalue weighted by Crippen LogP contribution is -1.91. The van der Waals surface area contributed by atoms with E-state index in [1.807, 2.05) is 54.6 Å². The van der Waals surface area contributed by atoms with E-state index in [1.165, 1.54) is 0 Å². The number of hydrogen-bond acceptors (Lipinski definition) is 3. The van der Waals surface area contributed by atoms with Gasteiger partial charge in [-0.3, -0.25) is 5.43 Å². The molecule has 0 atom stereocenters. The van der Waals surface area contributed by atoms with Gasteiger partial charge in [0.2, 0.25) is 0 Å². The average Bonchev–Trinajstić information content (AvgIpc) is 2.82. The number of H-pyrrole nitrogens is 1. The summed E-state index contributed by atoms with van der Waals surface area (Å²) < 4.78 is 0. The lowest BCUT2D eigenvalue weighted by Gasteiger charge is -1.96. The van der Waals surface area contributed by atoms with Crippen LogP contribution in [0.1, 0.15) is 5.82 Å². The van der Waals surface area contributed by atoms with E-state index in [0.29, 0.717) is 0 Å². The van der Waals surface area contributed by atoms with Gasteiger partial charge >= 0.3 is 0 Å². The van der Waals surface area contributed by atoms with Crippen molar-refractivity contribution in [3.8, 4) is 0 Å². The van der Waals surface area contributed by atoms with Crippen molar-refractivity contribution in [3.05, 3.63) is 60.4 Å². The highest BCUT2D eigenvalue weighted by Gasteiger charge is 1.98. The molecule has 1 aromatic heterocycles. The topological polar surface area (TPSA) is 53.1 Å². The van der Waals surface area contributed by atoms with Crippen LogP contribution in [-0.2, 0) is 0 Å². The predicted molar refractivity (Wildman–Crippen MR) is 73.8 cm³/mol. The minimum atomic E-state index is 0.736. The monoisotopic (exact) mass is 236 g/mol. The maximum atomic E-state index is 4.40. The third kappa shape index (κ3) is 2.22. The minimum absolute atomic E-state index is 0.736. The van der Waals surface area contributed by atoms with Gasteiger partial charge in [0.25, 0.3) is 0 Å². The fourth-order valence-corrected chi connectivity index (χ4v) is 1.71. The van der Waals surface area contributed by atoms with Gasteiger partial charge in [-0.1, -0.05) is 30.3 Å². The number of hydrazone groups is 1. The highest BCUT2D eigenvalue weighted by atomic mass is 15.3. The molecule has 0 spiro atoms. The molecule has 4 heteroatoms. The first-order valence-electron chi connectivity index (χ1n) is 5.71. The number of nitrogens with zero attached hydrogens (tertiary/aromatic N) is 2. The molecule has 0 aliphatic rings. The zero-order chi connectivity index (χ0) is 12.2. The van der Waals surface area contributed by atoms with E-state index in [4.69, 9.17) is 0 Å². The second-order valence-corrected chi connectivity index (χ2v) is 3.88. The third-order valence-electron chi connectivity index (χ3n) is 2.56. The molecule has 3 aromatic rings. The van der Waals surface area contributed by atoms with Crippen molar-refractivity contribution in [1.82, 2.24) is 9.97 Å². The van der Waals surface area contributed by atoms with E-state index >= 15 is 0 Å². The Balaban J connectivity index is 1.76. The largest absolute Gasteiger partial charge is 0.337 e. The van der Waals surface area contributed by atoms with E-state index in [0.717, 1.165) is 22.5 Å². The van der Waals surface area contributed by atoms with Crippen LogP contribution in [0.4, 0.5) is 5.69 Å². The summed E-state index contributed by atoms with van der Waals surface area (Å²) in [6, 6.07) is 17.7. The standard InChI is InChI=1S/C14H12N4/c1-2-6-11(7-3-1)18-15-10-14-16-12-8-4-5-9-13(12)17-14/h1-10,18H,(H,16,17). The van der Waals surface area contributed by atoms with Crippen LogP contribution in [0.2, 0.25) is 0 Å². The Morgan fingerprint density at radius 3 is 2.61 bits per heavy atom. The zero-order valence-corrected chi connectivity index (χ0v) is 9.67. The maximum Gasteiger partial charge on any atom is 0.151 e. The fourth-order valence-electron chi connectivity index (χ4n) is 1.71. The molecule has 0 aliphatic carbocycles. The van der Waals surface area contributed by atoms with Crippen molar-refractivity contribution < 1.29 is 0 Å². The molecular weight excluding hydrogens is 224 g/mol. The first-order valence-corrected chi connectivity index (χ1v) is 5.71. The highest BCUT2D eigenvalue weighted by Crippen LogP contribution is 2.09. The van der Waals surface area contributed by atoms with Gasteiger partial charge in [-0.25, -0.2) is 4.98 Å². The molecule has 0 saturated heterocycles. The number of fused-ring (bicyclic) bond motifs is 1. The number of imidazole rings is 1. The van der Waals surface area contributed by atoms with Crippen molar-refractivity contribution >= 4 is 22.9 Å². The molecule has 0 radical (unpaired) electrons. The molecule has 18 heavy (non-hydrogen) atoms. The van der Waals surface area contributed by atoms with E-state index in [1.54, 1.807) is 6.21 Å². The third-order valence-corrected chi connectivity index (χ3v) is 2.56. The lowest BCUT2D eigenvalue weighted by molar-refractivity contribution is 1.27. The van der Waals surface area contributed by atoms with Gasteiger partial charge in [-0.2, -0.15) is 5.10 Å². The van der Waals surface area contributed by atoms with Crippen molar-refractivity contribution in [1.29, 1.82) is 0 Å². The smallest absolute Gasteiger partial charge is 0.151 e. The van der Waals surface area contributed by atoms with Crippen molar-refractivity contribution in [2.45, 2.75) is 0 Å². The normalized spacial score (nSPS) is 11.1. The SMILES string of the molecule is C(=NNc1ccccc1)c1nc2ccccc2[nH]1. The summed E-state index contributed by atoms with van der Waals surface area (Å²) in [4.78, 5) is 7.58. The molecule has 0 unspecified atom stereocenters. The fraction of sp³-hybridized carbons (Fsp3) is 0. The van der Waals surface area contributed by atoms with Gasteiger partial charge in [-0.15, -0.1) is 0 Å². The van der Waals surface area contributed by atoms with Crippen LogP contribution >= 0.6 is 0 Å². The minimum Gasteiger partial charge on any atom is -0.337 e. The van der Waals surface area contributed by atoms with Crippen LogP contribution in [0, 0.1) is 0 Å². The highest BCUT2D eigenvalue weighted by molar-refractivity contribution is 5.84. The number of benzene rings is 2. The van der Waals surface area contributed by atoms with Crippen LogP contribution in [0.3, 0.4) is 0 Å². The number of aromatic nitrogens is 2. The van der Waals surface area contributed by atoms with Gasteiger partial charge in [0.15, 0.2) is 5.82 Å². The molecule has 2 N–H and O–H groups in total.